The first-order valence-corrected chi connectivity index (χ1v) is 7.35. The summed E-state index contributed by atoms with van der Waals surface area (Å²) in [6.45, 7) is 0.552. The highest BCUT2D eigenvalue weighted by molar-refractivity contribution is 5.96. The Hall–Kier alpha value is -2.83. The summed E-state index contributed by atoms with van der Waals surface area (Å²) >= 11 is 0. The zero-order chi connectivity index (χ0) is 16.4. The second kappa shape index (κ2) is 6.12. The molecule has 120 valence electrons. The van der Waals surface area contributed by atoms with Gasteiger partial charge in [0.25, 0.3) is 5.91 Å². The fourth-order valence-electron chi connectivity index (χ4n) is 2.47. The molecule has 3 rings (SSSR count). The number of ether oxygens (including phenoxy) is 1. The van der Waals surface area contributed by atoms with Gasteiger partial charge in [0.15, 0.2) is 0 Å². The Kier molecular flexibility index (Phi) is 4.01. The van der Waals surface area contributed by atoms with E-state index in [0.29, 0.717) is 24.4 Å². The van der Waals surface area contributed by atoms with Gasteiger partial charge in [-0.3, -0.25) is 9.48 Å². The third-order valence-corrected chi connectivity index (χ3v) is 3.69. The highest BCUT2D eigenvalue weighted by atomic mass is 16.5. The van der Waals surface area contributed by atoms with E-state index in [0.717, 1.165) is 16.9 Å². The smallest absolute Gasteiger partial charge is 0.260 e. The zero-order valence-corrected chi connectivity index (χ0v) is 13.4. The van der Waals surface area contributed by atoms with Crippen LogP contribution in [-0.4, -0.2) is 51.3 Å². The zero-order valence-electron chi connectivity index (χ0n) is 13.4. The van der Waals surface area contributed by atoms with Crippen LogP contribution >= 0.6 is 0 Å². The highest BCUT2D eigenvalue weighted by Gasteiger charge is 2.20. The molecule has 1 aromatic carbocycles. The van der Waals surface area contributed by atoms with E-state index in [9.17, 15) is 4.79 Å². The molecule has 0 atom stereocenters. The van der Waals surface area contributed by atoms with E-state index in [1.54, 1.807) is 29.9 Å². The van der Waals surface area contributed by atoms with E-state index in [2.05, 4.69) is 15.1 Å². The second-order valence-electron chi connectivity index (χ2n) is 5.40. The van der Waals surface area contributed by atoms with Crippen LogP contribution in [0, 0.1) is 0 Å². The summed E-state index contributed by atoms with van der Waals surface area (Å²) < 4.78 is 6.71. The number of nitrogens with one attached hydrogen (secondary N) is 1. The molecule has 23 heavy (non-hydrogen) atoms. The van der Waals surface area contributed by atoms with Crippen LogP contribution in [0.2, 0.25) is 0 Å². The molecule has 0 spiro atoms. The number of rotatable bonds is 5. The van der Waals surface area contributed by atoms with Crippen molar-refractivity contribution in [3.05, 3.63) is 41.9 Å². The minimum absolute atomic E-state index is 0.119. The summed E-state index contributed by atoms with van der Waals surface area (Å²) in [5.41, 5.74) is 2.40. The molecule has 7 nitrogen and oxygen atoms in total. The SMILES string of the molecule is COc1nn(C)cc1C(=O)N(C)CCc1nc2ccccc2[nH]1. The second-order valence-corrected chi connectivity index (χ2v) is 5.40. The Labute approximate surface area is 133 Å². The summed E-state index contributed by atoms with van der Waals surface area (Å²) in [6.07, 6.45) is 2.32. The lowest BCUT2D eigenvalue weighted by atomic mass is 10.3. The van der Waals surface area contributed by atoms with Crippen LogP contribution in [0.4, 0.5) is 0 Å². The molecule has 2 aromatic heterocycles. The largest absolute Gasteiger partial charge is 0.479 e. The van der Waals surface area contributed by atoms with Gasteiger partial charge in [0, 0.05) is 33.3 Å². The number of fused-ring (bicyclic) bond motifs is 1. The van der Waals surface area contributed by atoms with Gasteiger partial charge in [-0.05, 0) is 12.1 Å². The van der Waals surface area contributed by atoms with Crippen molar-refractivity contribution in [1.29, 1.82) is 0 Å². The molecule has 0 fully saturated rings. The maximum atomic E-state index is 12.5. The van der Waals surface area contributed by atoms with Crippen molar-refractivity contribution in [3.8, 4) is 5.88 Å². The van der Waals surface area contributed by atoms with Crippen molar-refractivity contribution < 1.29 is 9.53 Å². The van der Waals surface area contributed by atoms with Crippen LogP contribution in [0.5, 0.6) is 5.88 Å². The summed E-state index contributed by atoms with van der Waals surface area (Å²) in [6, 6.07) is 7.87. The molecule has 0 radical (unpaired) electrons. The fraction of sp³-hybridized carbons (Fsp3) is 0.312. The van der Waals surface area contributed by atoms with E-state index in [-0.39, 0.29) is 5.91 Å². The first-order valence-electron chi connectivity index (χ1n) is 7.35. The van der Waals surface area contributed by atoms with Crippen LogP contribution < -0.4 is 4.74 Å². The number of aryl methyl sites for hydroxylation is 1. The van der Waals surface area contributed by atoms with Gasteiger partial charge in [0.2, 0.25) is 5.88 Å². The number of H-pyrrole nitrogens is 1. The first kappa shape index (κ1) is 15.1. The summed E-state index contributed by atoms with van der Waals surface area (Å²) in [5, 5.41) is 4.11. The Bertz CT molecular complexity index is 803. The maximum Gasteiger partial charge on any atom is 0.260 e. The predicted molar refractivity (Wildman–Crippen MR) is 86.5 cm³/mol. The van der Waals surface area contributed by atoms with Crippen molar-refractivity contribution in [2.24, 2.45) is 7.05 Å². The monoisotopic (exact) mass is 313 g/mol. The molecule has 1 amide bonds. The molecule has 2 heterocycles. The lowest BCUT2D eigenvalue weighted by Gasteiger charge is -2.15. The molecule has 0 unspecified atom stereocenters. The fourth-order valence-corrected chi connectivity index (χ4v) is 2.47. The van der Waals surface area contributed by atoms with Crippen LogP contribution in [-0.2, 0) is 13.5 Å². The lowest BCUT2D eigenvalue weighted by molar-refractivity contribution is 0.0792. The van der Waals surface area contributed by atoms with Gasteiger partial charge in [-0.1, -0.05) is 12.1 Å². The number of imidazole rings is 1. The van der Waals surface area contributed by atoms with Gasteiger partial charge in [-0.15, -0.1) is 5.10 Å². The van der Waals surface area contributed by atoms with Crippen molar-refractivity contribution >= 4 is 16.9 Å². The van der Waals surface area contributed by atoms with Crippen LogP contribution in [0.15, 0.2) is 30.5 Å². The average Bonchev–Trinajstić information content (AvgIpc) is 3.14. The number of benzene rings is 1. The summed E-state index contributed by atoms with van der Waals surface area (Å²) in [4.78, 5) is 21.9. The van der Waals surface area contributed by atoms with Crippen molar-refractivity contribution in [1.82, 2.24) is 24.6 Å². The Morgan fingerprint density at radius 2 is 2.17 bits per heavy atom. The first-order chi connectivity index (χ1) is 11.1. The molecular weight excluding hydrogens is 294 g/mol. The normalized spacial score (nSPS) is 10.9. The van der Waals surface area contributed by atoms with E-state index >= 15 is 0 Å². The Morgan fingerprint density at radius 3 is 2.91 bits per heavy atom. The van der Waals surface area contributed by atoms with Crippen LogP contribution in [0.25, 0.3) is 11.0 Å². The van der Waals surface area contributed by atoms with Gasteiger partial charge in [-0.25, -0.2) is 4.98 Å². The van der Waals surface area contributed by atoms with E-state index in [1.165, 1.54) is 7.11 Å². The van der Waals surface area contributed by atoms with Crippen molar-refractivity contribution in [2.75, 3.05) is 20.7 Å². The topological polar surface area (TPSA) is 76.0 Å². The van der Waals surface area contributed by atoms with Crippen molar-refractivity contribution in [3.63, 3.8) is 0 Å². The molecular formula is C16H19N5O2. The molecule has 7 heteroatoms. The standard InChI is InChI=1S/C16H19N5O2/c1-20(16(22)11-10-21(2)19-15(11)23-3)9-8-14-17-12-6-4-5-7-13(12)18-14/h4-7,10H,8-9H2,1-3H3,(H,17,18). The van der Waals surface area contributed by atoms with Gasteiger partial charge >= 0.3 is 0 Å². The summed E-state index contributed by atoms with van der Waals surface area (Å²) in [5.74, 6) is 1.09. The molecule has 0 aliphatic heterocycles. The van der Waals surface area contributed by atoms with Crippen LogP contribution in [0.3, 0.4) is 0 Å². The van der Waals surface area contributed by atoms with Gasteiger partial charge in [0.1, 0.15) is 11.4 Å². The molecule has 0 aliphatic rings. The Balaban J connectivity index is 1.68. The number of likely N-dealkylation sites (N-methyl/N-ethyl adjacent to an activating group) is 1. The summed E-state index contributed by atoms with van der Waals surface area (Å²) in [7, 11) is 5.03. The number of nitrogens with zero attached hydrogens (tertiary/aromatic N) is 4. The molecule has 1 N–H and O–H groups in total. The average molecular weight is 313 g/mol. The molecule has 0 bridgehead atoms. The molecule has 3 aromatic rings. The number of hydrogen-bond acceptors (Lipinski definition) is 4. The number of para-hydroxylation sites is 2. The number of carbonyl (C=O) groups is 1. The number of aromatic amines is 1. The van der Waals surface area contributed by atoms with Gasteiger partial charge in [0.05, 0.1) is 18.1 Å². The number of methoxy groups -OCH3 is 1. The van der Waals surface area contributed by atoms with Gasteiger partial charge < -0.3 is 14.6 Å². The van der Waals surface area contributed by atoms with E-state index in [1.807, 2.05) is 24.3 Å². The molecule has 0 aliphatic carbocycles. The quantitative estimate of drug-likeness (QED) is 0.776. The molecule has 0 saturated carbocycles. The van der Waals surface area contributed by atoms with E-state index in [4.69, 9.17) is 4.74 Å². The van der Waals surface area contributed by atoms with Gasteiger partial charge in [-0.2, -0.15) is 0 Å². The minimum Gasteiger partial charge on any atom is -0.479 e. The predicted octanol–water partition coefficient (Wildman–Crippen LogP) is 1.62. The lowest BCUT2D eigenvalue weighted by Crippen LogP contribution is -2.29. The number of aromatic nitrogens is 4. The molecule has 0 saturated heterocycles. The third-order valence-electron chi connectivity index (χ3n) is 3.69. The third kappa shape index (κ3) is 3.03. The van der Waals surface area contributed by atoms with E-state index < -0.39 is 0 Å². The Morgan fingerprint density at radius 1 is 1.39 bits per heavy atom. The van der Waals surface area contributed by atoms with Crippen LogP contribution in [0.1, 0.15) is 16.2 Å². The van der Waals surface area contributed by atoms with Crippen molar-refractivity contribution in [2.45, 2.75) is 6.42 Å². The highest BCUT2D eigenvalue weighted by Crippen LogP contribution is 2.17. The maximum absolute atomic E-state index is 12.5. The number of hydrogen-bond donors (Lipinski definition) is 1. The number of carbonyl (C=O) groups excluding carboxylic acids is 1. The number of amides is 1. The minimum atomic E-state index is -0.119.